The van der Waals surface area contributed by atoms with Crippen molar-refractivity contribution in [3.8, 4) is 5.75 Å². The number of carbonyl (C=O) groups is 3. The summed E-state index contributed by atoms with van der Waals surface area (Å²) in [6.07, 6.45) is 0.886. The molecular formula is C11H5BrN3O6-. The molecule has 0 spiro atoms. The number of nitrogens with zero attached hydrogens (tertiary/aromatic N) is 1. The van der Waals surface area contributed by atoms with E-state index in [0.717, 1.165) is 18.2 Å². The molecule has 0 radical (unpaired) electrons. The third-order valence-corrected chi connectivity index (χ3v) is 3.10. The second-order valence-corrected chi connectivity index (χ2v) is 4.75. The highest BCUT2D eigenvalue weighted by molar-refractivity contribution is 9.10. The summed E-state index contributed by atoms with van der Waals surface area (Å²) < 4.78 is -0.0868. The molecule has 9 nitrogen and oxygen atoms in total. The maximum atomic E-state index is 11.9. The Morgan fingerprint density at radius 2 is 1.71 bits per heavy atom. The predicted molar refractivity (Wildman–Crippen MR) is 69.9 cm³/mol. The average Bonchev–Trinajstić information content (AvgIpc) is 2.37. The Morgan fingerprint density at radius 1 is 1.14 bits per heavy atom. The predicted octanol–water partition coefficient (Wildman–Crippen LogP) is 0.180. The molecule has 0 bridgehead atoms. The molecule has 2 N–H and O–H groups in total. The SMILES string of the molecule is O=C1NC(=O)C(=Cc2cc([N+](=O)[O-])cc(Br)c2[O-])C(=O)N1. The van der Waals surface area contributed by atoms with E-state index in [-0.39, 0.29) is 15.7 Å². The van der Waals surface area contributed by atoms with Crippen LogP contribution in [0.1, 0.15) is 5.56 Å². The number of halogens is 1. The van der Waals surface area contributed by atoms with Crippen LogP contribution < -0.4 is 15.7 Å². The lowest BCUT2D eigenvalue weighted by atomic mass is 10.1. The van der Waals surface area contributed by atoms with Gasteiger partial charge in [0.2, 0.25) is 0 Å². The number of benzene rings is 1. The Bertz CT molecular complexity index is 705. The maximum absolute atomic E-state index is 11.9. The molecule has 1 aliphatic heterocycles. The zero-order valence-corrected chi connectivity index (χ0v) is 11.6. The van der Waals surface area contributed by atoms with Crippen LogP contribution in [0.3, 0.4) is 0 Å². The first-order valence-corrected chi connectivity index (χ1v) is 6.12. The van der Waals surface area contributed by atoms with Crippen LogP contribution in [0.5, 0.6) is 5.75 Å². The second-order valence-electron chi connectivity index (χ2n) is 3.90. The van der Waals surface area contributed by atoms with E-state index in [9.17, 15) is 29.6 Å². The van der Waals surface area contributed by atoms with E-state index >= 15 is 0 Å². The number of hydrogen-bond donors (Lipinski definition) is 2. The van der Waals surface area contributed by atoms with Crippen LogP contribution in [0.4, 0.5) is 10.5 Å². The molecule has 0 aliphatic carbocycles. The van der Waals surface area contributed by atoms with Crippen molar-refractivity contribution in [1.82, 2.24) is 10.6 Å². The average molecular weight is 355 g/mol. The van der Waals surface area contributed by atoms with Gasteiger partial charge in [0.25, 0.3) is 17.5 Å². The normalized spacial score (nSPS) is 14.5. The number of barbiturate groups is 1. The van der Waals surface area contributed by atoms with Gasteiger partial charge in [-0.15, -0.1) is 0 Å². The van der Waals surface area contributed by atoms with Gasteiger partial charge in [0, 0.05) is 16.6 Å². The van der Waals surface area contributed by atoms with E-state index < -0.39 is 34.1 Å². The van der Waals surface area contributed by atoms with Crippen LogP contribution in [0.15, 0.2) is 22.2 Å². The van der Waals surface area contributed by atoms with Crippen molar-refractivity contribution in [3.05, 3.63) is 37.9 Å². The minimum Gasteiger partial charge on any atom is -0.871 e. The molecule has 10 heteroatoms. The van der Waals surface area contributed by atoms with Crippen molar-refractivity contribution in [2.45, 2.75) is 0 Å². The van der Waals surface area contributed by atoms with E-state index in [4.69, 9.17) is 0 Å². The summed E-state index contributed by atoms with van der Waals surface area (Å²) in [5, 5.41) is 26.2. The van der Waals surface area contributed by atoms with Crippen molar-refractivity contribution in [2.24, 2.45) is 0 Å². The lowest BCUT2D eigenvalue weighted by Gasteiger charge is -2.16. The molecule has 1 heterocycles. The van der Waals surface area contributed by atoms with Crippen molar-refractivity contribution >= 4 is 45.5 Å². The molecule has 108 valence electrons. The highest BCUT2D eigenvalue weighted by Gasteiger charge is 2.28. The van der Waals surface area contributed by atoms with Gasteiger partial charge in [0.1, 0.15) is 5.57 Å². The Balaban J connectivity index is 2.54. The molecule has 4 amide bonds. The van der Waals surface area contributed by atoms with Gasteiger partial charge in [-0.2, -0.15) is 0 Å². The van der Waals surface area contributed by atoms with Gasteiger partial charge in [0.05, 0.1) is 4.92 Å². The Kier molecular flexibility index (Phi) is 3.72. The summed E-state index contributed by atoms with van der Waals surface area (Å²) in [6, 6.07) is 0.955. The molecular weight excluding hydrogens is 350 g/mol. The van der Waals surface area contributed by atoms with Crippen molar-refractivity contribution in [1.29, 1.82) is 0 Å². The lowest BCUT2D eigenvalue weighted by molar-refractivity contribution is -0.385. The van der Waals surface area contributed by atoms with Gasteiger partial charge in [-0.3, -0.25) is 30.3 Å². The molecule has 1 aliphatic rings. The van der Waals surface area contributed by atoms with E-state index in [1.807, 2.05) is 10.6 Å². The second kappa shape index (κ2) is 5.32. The van der Waals surface area contributed by atoms with Crippen LogP contribution in [0.25, 0.3) is 6.08 Å². The molecule has 1 fully saturated rings. The quantitative estimate of drug-likeness (QED) is 0.335. The number of non-ortho nitro benzene ring substituents is 1. The largest absolute Gasteiger partial charge is 0.871 e. The smallest absolute Gasteiger partial charge is 0.328 e. The zero-order valence-electron chi connectivity index (χ0n) is 10.0. The summed E-state index contributed by atoms with van der Waals surface area (Å²) in [7, 11) is 0. The molecule has 21 heavy (non-hydrogen) atoms. The fourth-order valence-electron chi connectivity index (χ4n) is 1.57. The lowest BCUT2D eigenvalue weighted by Crippen LogP contribution is -2.51. The Morgan fingerprint density at radius 3 is 2.24 bits per heavy atom. The number of imide groups is 2. The summed E-state index contributed by atoms with van der Waals surface area (Å²) in [5.41, 5.74) is -1.12. The number of nitro benzene ring substituents is 1. The number of amides is 4. The molecule has 2 rings (SSSR count). The first-order chi connectivity index (χ1) is 9.79. The minimum absolute atomic E-state index is 0.0868. The molecule has 1 aromatic rings. The number of nitro groups is 1. The van der Waals surface area contributed by atoms with Crippen molar-refractivity contribution in [2.75, 3.05) is 0 Å². The van der Waals surface area contributed by atoms with Gasteiger partial charge < -0.3 is 5.11 Å². The topological polar surface area (TPSA) is 141 Å². The molecule has 1 aromatic carbocycles. The number of rotatable bonds is 2. The maximum Gasteiger partial charge on any atom is 0.328 e. The molecule has 1 saturated heterocycles. The molecule has 0 saturated carbocycles. The number of carbonyl (C=O) groups excluding carboxylic acids is 3. The highest BCUT2D eigenvalue weighted by Crippen LogP contribution is 2.32. The highest BCUT2D eigenvalue weighted by atomic mass is 79.9. The monoisotopic (exact) mass is 354 g/mol. The van der Waals surface area contributed by atoms with Crippen LogP contribution in [0, 0.1) is 10.1 Å². The van der Waals surface area contributed by atoms with Gasteiger partial charge >= 0.3 is 6.03 Å². The number of urea groups is 1. The molecule has 0 atom stereocenters. The Hall–Kier alpha value is -2.75. The van der Waals surface area contributed by atoms with Crippen molar-refractivity contribution < 1.29 is 24.4 Å². The standard InChI is InChI=1S/C11H6BrN3O6/c12-7-3-5(15(20)21)1-4(8(7)16)2-6-9(17)13-11(19)14-10(6)18/h1-3,16H,(H2,13,14,17,18,19)/p-1. The first-order valence-electron chi connectivity index (χ1n) is 5.33. The summed E-state index contributed by atoms with van der Waals surface area (Å²) in [4.78, 5) is 44.0. The third-order valence-electron chi connectivity index (χ3n) is 2.51. The first kappa shape index (κ1) is 14.7. The number of nitrogens with one attached hydrogen (secondary N) is 2. The summed E-state index contributed by atoms with van der Waals surface area (Å²) in [6.45, 7) is 0. The van der Waals surface area contributed by atoms with E-state index in [0.29, 0.717) is 0 Å². The van der Waals surface area contributed by atoms with Gasteiger partial charge in [-0.05, 0) is 11.6 Å². The summed E-state index contributed by atoms with van der Waals surface area (Å²) in [5.74, 6) is -2.62. The van der Waals surface area contributed by atoms with Crippen LogP contribution in [0.2, 0.25) is 0 Å². The zero-order chi connectivity index (χ0) is 15.7. The Labute approximate surface area is 124 Å². The van der Waals surface area contributed by atoms with Crippen molar-refractivity contribution in [3.63, 3.8) is 0 Å². The minimum atomic E-state index is -0.995. The van der Waals surface area contributed by atoms with Gasteiger partial charge in [-0.25, -0.2) is 4.79 Å². The fraction of sp³-hybridized carbons (Fsp3) is 0. The van der Waals surface area contributed by atoms with Crippen LogP contribution in [-0.4, -0.2) is 22.8 Å². The number of hydrogen-bond acceptors (Lipinski definition) is 6. The fourth-order valence-corrected chi connectivity index (χ4v) is 2.04. The van der Waals surface area contributed by atoms with Crippen LogP contribution >= 0.6 is 15.9 Å². The van der Waals surface area contributed by atoms with Gasteiger partial charge in [-0.1, -0.05) is 21.7 Å². The van der Waals surface area contributed by atoms with Gasteiger partial charge in [0.15, 0.2) is 0 Å². The van der Waals surface area contributed by atoms with E-state index in [1.54, 1.807) is 0 Å². The third kappa shape index (κ3) is 2.89. The molecule has 0 unspecified atom stereocenters. The van der Waals surface area contributed by atoms with Crippen LogP contribution in [-0.2, 0) is 9.59 Å². The summed E-state index contributed by atoms with van der Waals surface area (Å²) >= 11 is 2.87. The van der Waals surface area contributed by atoms with E-state index in [1.165, 1.54) is 0 Å². The van der Waals surface area contributed by atoms with E-state index in [2.05, 4.69) is 15.9 Å². The molecule has 0 aromatic heterocycles.